The zero-order chi connectivity index (χ0) is 19.8. The fourth-order valence-corrected chi connectivity index (χ4v) is 2.34. The van der Waals surface area contributed by atoms with E-state index in [1.54, 1.807) is 24.3 Å². The second-order valence-corrected chi connectivity index (χ2v) is 5.72. The minimum Gasteiger partial charge on any atom is -0.445 e. The van der Waals surface area contributed by atoms with Gasteiger partial charge in [0.25, 0.3) is 5.91 Å². The molecule has 0 aromatic heterocycles. The monoisotopic (exact) mass is 378 g/mol. The molecule has 0 saturated carbocycles. The minimum atomic E-state index is -1.20. The summed E-state index contributed by atoms with van der Waals surface area (Å²) in [4.78, 5) is 29.3. The number of nitrogens with zero attached hydrogens (tertiary/aromatic N) is 1. The van der Waals surface area contributed by atoms with E-state index in [1.165, 1.54) is 14.2 Å². The third-order valence-electron chi connectivity index (χ3n) is 3.82. The molecule has 0 heterocycles. The highest BCUT2D eigenvalue weighted by Crippen LogP contribution is 2.13. The molecule has 1 unspecified atom stereocenters. The summed E-state index contributed by atoms with van der Waals surface area (Å²) in [5, 5.41) is 3.26. The molecule has 0 spiro atoms. The molecule has 1 atom stereocenters. The first kappa shape index (κ1) is 20.3. The van der Waals surface area contributed by atoms with Crippen molar-refractivity contribution < 1.29 is 27.9 Å². The molecule has 6 nitrogen and oxygen atoms in total. The van der Waals surface area contributed by atoms with Crippen molar-refractivity contribution in [1.29, 1.82) is 0 Å². The van der Waals surface area contributed by atoms with Gasteiger partial charge in [-0.3, -0.25) is 9.63 Å². The van der Waals surface area contributed by atoms with E-state index in [0.717, 1.165) is 28.8 Å². The van der Waals surface area contributed by atoms with Crippen LogP contribution in [0.25, 0.3) is 0 Å². The maximum Gasteiger partial charge on any atom is 0.408 e. The van der Waals surface area contributed by atoms with Gasteiger partial charge in [-0.2, -0.15) is 0 Å². The number of hydrogen-bond acceptors (Lipinski definition) is 4. The summed E-state index contributed by atoms with van der Waals surface area (Å²) < 4.78 is 32.4. The lowest BCUT2D eigenvalue weighted by atomic mass is 10.0. The number of hydrogen-bond donors (Lipinski definition) is 1. The number of carbonyl (C=O) groups is 2. The number of halogens is 2. The van der Waals surface area contributed by atoms with E-state index in [4.69, 9.17) is 9.57 Å². The summed E-state index contributed by atoms with van der Waals surface area (Å²) in [6, 6.07) is 10.7. The SMILES string of the molecule is CON(C)C(=O)C(Cc1cc(F)ccc1F)NC(=O)OCc1ccccc1. The lowest BCUT2D eigenvalue weighted by Gasteiger charge is -2.23. The van der Waals surface area contributed by atoms with Crippen molar-refractivity contribution >= 4 is 12.0 Å². The fraction of sp³-hybridized carbons (Fsp3) is 0.263. The first-order valence-corrected chi connectivity index (χ1v) is 8.13. The van der Waals surface area contributed by atoms with Crippen LogP contribution in [0.2, 0.25) is 0 Å². The summed E-state index contributed by atoms with van der Waals surface area (Å²) >= 11 is 0. The number of nitrogens with one attached hydrogen (secondary N) is 1. The summed E-state index contributed by atoms with van der Waals surface area (Å²) in [7, 11) is 2.61. The first-order valence-electron chi connectivity index (χ1n) is 8.13. The second-order valence-electron chi connectivity index (χ2n) is 5.72. The van der Waals surface area contributed by atoms with E-state index < -0.39 is 29.7 Å². The zero-order valence-electron chi connectivity index (χ0n) is 14.9. The minimum absolute atomic E-state index is 0.00201. The van der Waals surface area contributed by atoms with E-state index in [2.05, 4.69) is 5.32 Å². The van der Waals surface area contributed by atoms with Crippen LogP contribution in [0.3, 0.4) is 0 Å². The maximum absolute atomic E-state index is 13.9. The molecule has 1 N–H and O–H groups in total. The van der Waals surface area contributed by atoms with Crippen molar-refractivity contribution in [2.24, 2.45) is 0 Å². The van der Waals surface area contributed by atoms with Gasteiger partial charge in [-0.25, -0.2) is 18.6 Å². The van der Waals surface area contributed by atoms with Crippen molar-refractivity contribution in [3.05, 3.63) is 71.3 Å². The second kappa shape index (κ2) is 9.63. The van der Waals surface area contributed by atoms with E-state index in [-0.39, 0.29) is 18.6 Å². The van der Waals surface area contributed by atoms with Crippen molar-refractivity contribution in [2.75, 3.05) is 14.2 Å². The molecule has 0 aliphatic heterocycles. The van der Waals surface area contributed by atoms with Gasteiger partial charge in [0.1, 0.15) is 24.3 Å². The molecule has 0 saturated heterocycles. The zero-order valence-corrected chi connectivity index (χ0v) is 14.9. The van der Waals surface area contributed by atoms with E-state index in [1.807, 2.05) is 6.07 Å². The summed E-state index contributed by atoms with van der Waals surface area (Å²) in [6.45, 7) is 0.00201. The molecule has 0 bridgehead atoms. The lowest BCUT2D eigenvalue weighted by molar-refractivity contribution is -0.170. The molecule has 2 aromatic carbocycles. The molecule has 0 radical (unpaired) electrons. The Morgan fingerprint density at radius 3 is 2.52 bits per heavy atom. The average molecular weight is 378 g/mol. The largest absolute Gasteiger partial charge is 0.445 e. The normalized spacial score (nSPS) is 11.6. The molecule has 0 aliphatic carbocycles. The van der Waals surface area contributed by atoms with Gasteiger partial charge in [-0.05, 0) is 29.3 Å². The van der Waals surface area contributed by atoms with Gasteiger partial charge in [0, 0.05) is 13.5 Å². The number of likely N-dealkylation sites (N-methyl/N-ethyl adjacent to an activating group) is 1. The summed E-state index contributed by atoms with van der Waals surface area (Å²) in [5.41, 5.74) is 0.710. The van der Waals surface area contributed by atoms with Crippen LogP contribution >= 0.6 is 0 Å². The van der Waals surface area contributed by atoms with Gasteiger partial charge in [-0.1, -0.05) is 30.3 Å². The quantitative estimate of drug-likeness (QED) is 0.753. The van der Waals surface area contributed by atoms with Gasteiger partial charge in [0.2, 0.25) is 0 Å². The van der Waals surface area contributed by atoms with Crippen molar-refractivity contribution in [3.8, 4) is 0 Å². The molecule has 27 heavy (non-hydrogen) atoms. The predicted octanol–water partition coefficient (Wildman–Crippen LogP) is 2.82. The Kier molecular flexibility index (Phi) is 7.25. The van der Waals surface area contributed by atoms with Crippen molar-refractivity contribution in [3.63, 3.8) is 0 Å². The topological polar surface area (TPSA) is 67.9 Å². The molecule has 2 aromatic rings. The Hall–Kier alpha value is -3.00. The van der Waals surface area contributed by atoms with Crippen LogP contribution in [0.1, 0.15) is 11.1 Å². The highest BCUT2D eigenvalue weighted by atomic mass is 19.1. The van der Waals surface area contributed by atoms with Crippen LogP contribution in [0.5, 0.6) is 0 Å². The van der Waals surface area contributed by atoms with Crippen LogP contribution in [-0.2, 0) is 27.4 Å². The molecular weight excluding hydrogens is 358 g/mol. The molecule has 144 valence electrons. The average Bonchev–Trinajstić information content (AvgIpc) is 2.68. The van der Waals surface area contributed by atoms with Crippen molar-refractivity contribution in [2.45, 2.75) is 19.1 Å². The van der Waals surface area contributed by atoms with Crippen LogP contribution in [-0.4, -0.2) is 37.3 Å². The van der Waals surface area contributed by atoms with E-state index >= 15 is 0 Å². The summed E-state index contributed by atoms with van der Waals surface area (Å²) in [5.74, 6) is -1.98. The highest BCUT2D eigenvalue weighted by molar-refractivity contribution is 5.85. The fourth-order valence-electron chi connectivity index (χ4n) is 2.34. The number of hydroxylamine groups is 2. The van der Waals surface area contributed by atoms with Gasteiger partial charge in [-0.15, -0.1) is 0 Å². The number of amides is 2. The highest BCUT2D eigenvalue weighted by Gasteiger charge is 2.26. The molecule has 8 heteroatoms. The molecule has 2 amide bonds. The van der Waals surface area contributed by atoms with Crippen LogP contribution in [0, 0.1) is 11.6 Å². The van der Waals surface area contributed by atoms with Crippen LogP contribution < -0.4 is 5.32 Å². The van der Waals surface area contributed by atoms with Gasteiger partial charge < -0.3 is 10.1 Å². The molecular formula is C19H20F2N2O4. The smallest absolute Gasteiger partial charge is 0.408 e. The number of carbonyl (C=O) groups excluding carboxylic acids is 2. The molecule has 0 aliphatic rings. The number of alkyl carbamates (subject to hydrolysis) is 1. The van der Waals surface area contributed by atoms with E-state index in [0.29, 0.717) is 0 Å². The Morgan fingerprint density at radius 1 is 1.15 bits per heavy atom. The third kappa shape index (κ3) is 6.03. The molecule has 2 rings (SSSR count). The number of ether oxygens (including phenoxy) is 1. The van der Waals surface area contributed by atoms with Gasteiger partial charge in [0.05, 0.1) is 7.11 Å². The number of rotatable bonds is 7. The predicted molar refractivity (Wildman–Crippen MR) is 93.4 cm³/mol. The van der Waals surface area contributed by atoms with Crippen LogP contribution in [0.4, 0.5) is 13.6 Å². The van der Waals surface area contributed by atoms with E-state index in [9.17, 15) is 18.4 Å². The van der Waals surface area contributed by atoms with Crippen molar-refractivity contribution in [1.82, 2.24) is 10.4 Å². The van der Waals surface area contributed by atoms with Gasteiger partial charge >= 0.3 is 6.09 Å². The number of benzene rings is 2. The standard InChI is InChI=1S/C19H20F2N2O4/c1-23(26-2)18(24)17(11-14-10-15(20)8-9-16(14)21)22-19(25)27-12-13-6-4-3-5-7-13/h3-10,17H,11-12H2,1-2H3,(H,22,25). The Balaban J connectivity index is 2.08. The Bertz CT molecular complexity index is 787. The lowest BCUT2D eigenvalue weighted by Crippen LogP contribution is -2.48. The third-order valence-corrected chi connectivity index (χ3v) is 3.82. The van der Waals surface area contributed by atoms with Crippen LogP contribution in [0.15, 0.2) is 48.5 Å². The first-order chi connectivity index (χ1) is 12.9. The Morgan fingerprint density at radius 2 is 1.85 bits per heavy atom. The molecule has 0 fully saturated rings. The van der Waals surface area contributed by atoms with Gasteiger partial charge in [0.15, 0.2) is 0 Å². The maximum atomic E-state index is 13.9. The summed E-state index contributed by atoms with van der Waals surface area (Å²) in [6.07, 6.45) is -1.13. The Labute approximate surface area is 155 Å².